The Morgan fingerprint density at radius 3 is 2.59 bits per heavy atom. The zero-order valence-electron chi connectivity index (χ0n) is 14.2. The summed E-state index contributed by atoms with van der Waals surface area (Å²) in [5, 5.41) is 12.7. The molecule has 2 rings (SSSR count). The first-order chi connectivity index (χ1) is 12.9. The molecule has 0 spiro atoms. The number of rotatable bonds is 8. The normalized spacial score (nSPS) is 10.6. The number of benzene rings is 2. The summed E-state index contributed by atoms with van der Waals surface area (Å²) in [6.07, 6.45) is 1.33. The van der Waals surface area contributed by atoms with Crippen molar-refractivity contribution in [1.29, 1.82) is 0 Å². The van der Waals surface area contributed by atoms with Crippen molar-refractivity contribution in [2.75, 3.05) is 13.2 Å². The fraction of sp³-hybridized carbons (Fsp3) is 0.167. The Labute approximate surface area is 159 Å². The second kappa shape index (κ2) is 9.54. The zero-order valence-corrected chi connectivity index (χ0v) is 15.0. The molecule has 0 fully saturated rings. The van der Waals surface area contributed by atoms with Crippen LogP contribution in [0.25, 0.3) is 0 Å². The van der Waals surface area contributed by atoms with E-state index in [2.05, 4.69) is 10.5 Å². The highest BCUT2D eigenvalue weighted by Crippen LogP contribution is 2.36. The number of carbonyl (C=O) groups excluding carboxylic acids is 1. The number of carbonyl (C=O) groups is 2. The van der Waals surface area contributed by atoms with E-state index in [4.69, 9.17) is 26.2 Å². The third kappa shape index (κ3) is 5.96. The molecule has 1 amide bonds. The first-order valence-corrected chi connectivity index (χ1v) is 8.18. The molecule has 0 saturated carbocycles. The molecule has 2 aromatic rings. The summed E-state index contributed by atoms with van der Waals surface area (Å²) in [6, 6.07) is 8.03. The molecule has 0 atom stereocenters. The van der Waals surface area contributed by atoms with Crippen molar-refractivity contribution in [2.24, 2.45) is 5.10 Å². The van der Waals surface area contributed by atoms with Gasteiger partial charge in [-0.1, -0.05) is 11.6 Å². The predicted octanol–water partition coefficient (Wildman–Crippen LogP) is 3.11. The highest BCUT2D eigenvalue weighted by Gasteiger charge is 2.13. The minimum Gasteiger partial charge on any atom is -0.490 e. The third-order valence-corrected chi connectivity index (χ3v) is 3.44. The van der Waals surface area contributed by atoms with Crippen molar-refractivity contribution in [3.8, 4) is 11.5 Å². The van der Waals surface area contributed by atoms with Gasteiger partial charge in [-0.3, -0.25) is 4.79 Å². The van der Waals surface area contributed by atoms with Gasteiger partial charge in [0, 0.05) is 5.56 Å². The van der Waals surface area contributed by atoms with Crippen molar-refractivity contribution >= 4 is 29.7 Å². The van der Waals surface area contributed by atoms with Crippen LogP contribution in [0.15, 0.2) is 41.5 Å². The Balaban J connectivity index is 2.12. The van der Waals surface area contributed by atoms with Gasteiger partial charge in [0.2, 0.25) is 0 Å². The zero-order chi connectivity index (χ0) is 19.8. The van der Waals surface area contributed by atoms with E-state index >= 15 is 0 Å². The monoisotopic (exact) mass is 394 g/mol. The summed E-state index contributed by atoms with van der Waals surface area (Å²) < 4.78 is 23.4. The number of halogens is 2. The van der Waals surface area contributed by atoms with E-state index in [0.29, 0.717) is 12.2 Å². The van der Waals surface area contributed by atoms with Crippen molar-refractivity contribution in [3.63, 3.8) is 0 Å². The topological polar surface area (TPSA) is 97.2 Å². The number of hydrazone groups is 1. The summed E-state index contributed by atoms with van der Waals surface area (Å²) in [4.78, 5) is 22.6. The molecule has 142 valence electrons. The van der Waals surface area contributed by atoms with Gasteiger partial charge in [-0.25, -0.2) is 14.6 Å². The van der Waals surface area contributed by atoms with Gasteiger partial charge >= 0.3 is 5.97 Å². The highest BCUT2D eigenvalue weighted by molar-refractivity contribution is 6.32. The van der Waals surface area contributed by atoms with E-state index in [9.17, 15) is 14.0 Å². The molecule has 2 aromatic carbocycles. The molecule has 0 aliphatic carbocycles. The molecule has 9 heteroatoms. The molecule has 0 aromatic heterocycles. The average molecular weight is 395 g/mol. The first-order valence-electron chi connectivity index (χ1n) is 7.80. The van der Waals surface area contributed by atoms with E-state index in [-0.39, 0.29) is 22.1 Å². The molecule has 2 N–H and O–H groups in total. The molecule has 0 aliphatic rings. The standard InChI is InChI=1S/C18H16ClFN2O5/c1-2-26-15-8-11(7-14(19)17(15)27-10-16(23)24)9-21-22-18(25)12-3-5-13(20)6-4-12/h3-9H,2,10H2,1H3,(H,22,25)(H,23,24)/b21-9-. The maximum absolute atomic E-state index is 12.9. The SMILES string of the molecule is CCOc1cc(/C=N\NC(=O)c2ccc(F)cc2)cc(Cl)c1OCC(=O)O. The van der Waals surface area contributed by atoms with Crippen LogP contribution in [0.5, 0.6) is 11.5 Å². The smallest absolute Gasteiger partial charge is 0.341 e. The van der Waals surface area contributed by atoms with E-state index in [0.717, 1.165) is 0 Å². The van der Waals surface area contributed by atoms with Crippen LogP contribution in [0, 0.1) is 5.82 Å². The van der Waals surface area contributed by atoms with Gasteiger partial charge in [0.15, 0.2) is 18.1 Å². The number of hydrogen-bond acceptors (Lipinski definition) is 5. The fourth-order valence-corrected chi connectivity index (χ4v) is 2.30. The average Bonchev–Trinajstić information content (AvgIpc) is 2.61. The second-order valence-corrected chi connectivity index (χ2v) is 5.56. The van der Waals surface area contributed by atoms with Crippen LogP contribution in [-0.4, -0.2) is 36.4 Å². The molecular weight excluding hydrogens is 379 g/mol. The van der Waals surface area contributed by atoms with Gasteiger partial charge < -0.3 is 14.6 Å². The highest BCUT2D eigenvalue weighted by atomic mass is 35.5. The summed E-state index contributed by atoms with van der Waals surface area (Å²) in [6.45, 7) is 1.49. The quantitative estimate of drug-likeness (QED) is 0.529. The lowest BCUT2D eigenvalue weighted by atomic mass is 10.2. The van der Waals surface area contributed by atoms with Crippen LogP contribution in [0.3, 0.4) is 0 Å². The van der Waals surface area contributed by atoms with Crippen LogP contribution in [-0.2, 0) is 4.79 Å². The van der Waals surface area contributed by atoms with Gasteiger partial charge in [-0.2, -0.15) is 5.10 Å². The maximum atomic E-state index is 12.9. The summed E-state index contributed by atoms with van der Waals surface area (Å²) in [5.74, 6) is -1.75. The number of amides is 1. The van der Waals surface area contributed by atoms with Crippen LogP contribution >= 0.6 is 11.6 Å². The fourth-order valence-electron chi connectivity index (χ4n) is 2.03. The third-order valence-electron chi connectivity index (χ3n) is 3.16. The largest absolute Gasteiger partial charge is 0.490 e. The molecule has 0 bridgehead atoms. The van der Waals surface area contributed by atoms with Crippen molar-refractivity contribution < 1.29 is 28.6 Å². The van der Waals surface area contributed by atoms with Crippen molar-refractivity contribution in [1.82, 2.24) is 5.43 Å². The van der Waals surface area contributed by atoms with E-state index in [1.165, 1.54) is 36.5 Å². The number of carboxylic acid groups (broad SMARTS) is 1. The van der Waals surface area contributed by atoms with Gasteiger partial charge in [0.05, 0.1) is 17.8 Å². The molecule has 0 aliphatic heterocycles. The van der Waals surface area contributed by atoms with Crippen LogP contribution in [0.2, 0.25) is 5.02 Å². The number of hydrogen-bond donors (Lipinski definition) is 2. The molecule has 0 saturated heterocycles. The number of ether oxygens (including phenoxy) is 2. The minimum atomic E-state index is -1.15. The first kappa shape index (κ1) is 20.2. The summed E-state index contributed by atoms with van der Waals surface area (Å²) >= 11 is 6.12. The van der Waals surface area contributed by atoms with Gasteiger partial charge in [0.25, 0.3) is 5.91 Å². The number of nitrogens with one attached hydrogen (secondary N) is 1. The maximum Gasteiger partial charge on any atom is 0.341 e. The van der Waals surface area contributed by atoms with Gasteiger partial charge in [0.1, 0.15) is 5.82 Å². The molecule has 27 heavy (non-hydrogen) atoms. The Hall–Kier alpha value is -3.13. The lowest BCUT2D eigenvalue weighted by Crippen LogP contribution is -2.17. The Bertz CT molecular complexity index is 856. The Morgan fingerprint density at radius 1 is 1.26 bits per heavy atom. The summed E-state index contributed by atoms with van der Waals surface area (Å²) in [5.41, 5.74) is 3.05. The van der Waals surface area contributed by atoms with Crippen molar-refractivity contribution in [2.45, 2.75) is 6.92 Å². The second-order valence-electron chi connectivity index (χ2n) is 5.15. The van der Waals surface area contributed by atoms with Crippen LogP contribution in [0.1, 0.15) is 22.8 Å². The lowest BCUT2D eigenvalue weighted by molar-refractivity contribution is -0.139. The number of aliphatic carboxylic acids is 1. The van der Waals surface area contributed by atoms with Crippen LogP contribution < -0.4 is 14.9 Å². The van der Waals surface area contributed by atoms with Gasteiger partial charge in [-0.05, 0) is 48.9 Å². The Kier molecular flexibility index (Phi) is 7.13. The predicted molar refractivity (Wildman–Crippen MR) is 97.2 cm³/mol. The van der Waals surface area contributed by atoms with E-state index in [1.54, 1.807) is 13.0 Å². The van der Waals surface area contributed by atoms with E-state index in [1.807, 2.05) is 0 Å². The Morgan fingerprint density at radius 2 is 1.96 bits per heavy atom. The lowest BCUT2D eigenvalue weighted by Gasteiger charge is -2.13. The van der Waals surface area contributed by atoms with Gasteiger partial charge in [-0.15, -0.1) is 0 Å². The summed E-state index contributed by atoms with van der Waals surface area (Å²) in [7, 11) is 0. The molecule has 0 heterocycles. The van der Waals surface area contributed by atoms with Crippen molar-refractivity contribution in [3.05, 3.63) is 58.4 Å². The molecular formula is C18H16ClFN2O5. The minimum absolute atomic E-state index is 0.105. The number of carboxylic acids is 1. The van der Waals surface area contributed by atoms with Crippen LogP contribution in [0.4, 0.5) is 4.39 Å². The van der Waals surface area contributed by atoms with E-state index < -0.39 is 24.3 Å². The molecule has 7 nitrogen and oxygen atoms in total. The molecule has 0 radical (unpaired) electrons. The molecule has 0 unspecified atom stereocenters. The number of nitrogens with zero attached hydrogens (tertiary/aromatic N) is 1.